The van der Waals surface area contributed by atoms with Crippen LogP contribution in [-0.2, 0) is 16.4 Å². The van der Waals surface area contributed by atoms with Crippen LogP contribution in [0.3, 0.4) is 0 Å². The van der Waals surface area contributed by atoms with Crippen LogP contribution < -0.4 is 10.0 Å². The van der Waals surface area contributed by atoms with E-state index in [-0.39, 0.29) is 17.0 Å². The lowest BCUT2D eigenvalue weighted by Crippen LogP contribution is -2.34. The van der Waals surface area contributed by atoms with Crippen molar-refractivity contribution in [3.8, 4) is 0 Å². The van der Waals surface area contributed by atoms with Gasteiger partial charge in [0.15, 0.2) is 0 Å². The summed E-state index contributed by atoms with van der Waals surface area (Å²) >= 11 is 0. The average Bonchev–Trinajstić information content (AvgIpc) is 2.68. The van der Waals surface area contributed by atoms with E-state index in [1.807, 2.05) is 51.1 Å². The van der Waals surface area contributed by atoms with Gasteiger partial charge in [-0.1, -0.05) is 30.3 Å². The highest BCUT2D eigenvalue weighted by molar-refractivity contribution is 7.89. The molecule has 0 unspecified atom stereocenters. The van der Waals surface area contributed by atoms with Gasteiger partial charge in [0.1, 0.15) is 0 Å². The van der Waals surface area contributed by atoms with E-state index in [2.05, 4.69) is 10.0 Å². The van der Waals surface area contributed by atoms with Gasteiger partial charge in [-0.2, -0.15) is 0 Å². The minimum atomic E-state index is -3.61. The molecule has 0 aliphatic rings. The van der Waals surface area contributed by atoms with Gasteiger partial charge in [-0.05, 0) is 63.4 Å². The third-order valence-electron chi connectivity index (χ3n) is 4.53. The normalized spacial score (nSPS) is 12.4. The Morgan fingerprint density at radius 1 is 1.00 bits per heavy atom. The maximum atomic E-state index is 12.6. The minimum absolute atomic E-state index is 0.180. The maximum absolute atomic E-state index is 12.6. The summed E-state index contributed by atoms with van der Waals surface area (Å²) in [5.74, 6) is 0. The number of nitrogens with one attached hydrogen (secondary N) is 2. The summed E-state index contributed by atoms with van der Waals surface area (Å²) in [5.41, 5.74) is 1.75. The molecule has 0 spiro atoms. The van der Waals surface area contributed by atoms with Crippen molar-refractivity contribution in [1.29, 1.82) is 0 Å². The van der Waals surface area contributed by atoms with E-state index in [9.17, 15) is 13.2 Å². The summed E-state index contributed by atoms with van der Waals surface area (Å²) in [6.07, 6.45) is 1.52. The summed E-state index contributed by atoms with van der Waals surface area (Å²) in [4.78, 5) is 13.9. The van der Waals surface area contributed by atoms with E-state index >= 15 is 0 Å². The number of amides is 2. The highest BCUT2D eigenvalue weighted by Crippen LogP contribution is 2.16. The predicted octanol–water partition coefficient (Wildman–Crippen LogP) is 3.86. The maximum Gasteiger partial charge on any atom is 0.321 e. The van der Waals surface area contributed by atoms with Gasteiger partial charge in [0.2, 0.25) is 10.0 Å². The van der Waals surface area contributed by atoms with Gasteiger partial charge in [0, 0.05) is 24.8 Å². The van der Waals surface area contributed by atoms with Crippen LogP contribution in [0.5, 0.6) is 0 Å². The van der Waals surface area contributed by atoms with Crippen LogP contribution in [-0.4, -0.2) is 38.5 Å². The van der Waals surface area contributed by atoms with Crippen molar-refractivity contribution < 1.29 is 13.2 Å². The summed E-state index contributed by atoms with van der Waals surface area (Å²) in [6, 6.07) is 15.8. The highest BCUT2D eigenvalue weighted by Gasteiger charge is 2.18. The molecule has 0 aliphatic heterocycles. The fourth-order valence-electron chi connectivity index (χ4n) is 2.85. The number of hydrogen-bond donors (Lipinski definition) is 2. The number of sulfonamides is 1. The SMILES string of the molecule is CCN(CC)C(=O)Nc1ccc(S(=O)(=O)N[C@@H](C)CCc2ccccc2)cc1. The molecule has 0 fully saturated rings. The van der Waals surface area contributed by atoms with E-state index in [0.717, 1.165) is 6.42 Å². The molecule has 2 aromatic rings. The van der Waals surface area contributed by atoms with Gasteiger partial charge >= 0.3 is 6.03 Å². The lowest BCUT2D eigenvalue weighted by atomic mass is 10.1. The van der Waals surface area contributed by atoms with Gasteiger partial charge in [-0.3, -0.25) is 0 Å². The van der Waals surface area contributed by atoms with Crippen molar-refractivity contribution >= 4 is 21.7 Å². The van der Waals surface area contributed by atoms with Crippen molar-refractivity contribution in [3.05, 3.63) is 60.2 Å². The van der Waals surface area contributed by atoms with E-state index in [0.29, 0.717) is 25.2 Å². The zero-order valence-electron chi connectivity index (χ0n) is 16.7. The fourth-order valence-corrected chi connectivity index (χ4v) is 4.13. The van der Waals surface area contributed by atoms with E-state index in [4.69, 9.17) is 0 Å². The quantitative estimate of drug-likeness (QED) is 0.667. The Labute approximate surface area is 168 Å². The number of anilines is 1. The Hall–Kier alpha value is -2.38. The second-order valence-electron chi connectivity index (χ2n) is 6.67. The predicted molar refractivity (Wildman–Crippen MR) is 113 cm³/mol. The molecular weight excluding hydrogens is 374 g/mol. The lowest BCUT2D eigenvalue weighted by molar-refractivity contribution is 0.217. The topological polar surface area (TPSA) is 78.5 Å². The molecule has 2 aromatic carbocycles. The molecule has 0 aromatic heterocycles. The van der Waals surface area contributed by atoms with Crippen LogP contribution in [0, 0.1) is 0 Å². The monoisotopic (exact) mass is 403 g/mol. The fraction of sp³-hybridized carbons (Fsp3) is 0.381. The Bertz CT molecular complexity index is 848. The molecular formula is C21H29N3O3S. The molecule has 1 atom stereocenters. The van der Waals surface area contributed by atoms with Crippen LogP contribution >= 0.6 is 0 Å². The Morgan fingerprint density at radius 3 is 2.18 bits per heavy atom. The van der Waals surface area contributed by atoms with Gasteiger partial charge in [0.05, 0.1) is 4.90 Å². The standard InChI is InChI=1S/C21H29N3O3S/c1-4-24(5-2)21(25)22-19-13-15-20(16-14-19)28(26,27)23-17(3)11-12-18-9-7-6-8-10-18/h6-10,13-17,23H,4-5,11-12H2,1-3H3,(H,22,25)/t17-/m0/s1. The summed E-state index contributed by atoms with van der Waals surface area (Å²) in [5, 5.41) is 2.77. The molecule has 0 heterocycles. The third kappa shape index (κ3) is 6.35. The molecule has 2 amide bonds. The van der Waals surface area contributed by atoms with Gasteiger partial charge < -0.3 is 10.2 Å². The molecule has 0 saturated carbocycles. The average molecular weight is 404 g/mol. The van der Waals surface area contributed by atoms with Gasteiger partial charge in [0.25, 0.3) is 0 Å². The number of aryl methyl sites for hydroxylation is 1. The molecule has 2 rings (SSSR count). The number of rotatable bonds is 9. The molecule has 28 heavy (non-hydrogen) atoms. The van der Waals surface area contributed by atoms with Crippen molar-refractivity contribution in [1.82, 2.24) is 9.62 Å². The van der Waals surface area contributed by atoms with Crippen molar-refractivity contribution in [2.75, 3.05) is 18.4 Å². The smallest absolute Gasteiger partial charge is 0.321 e. The number of carbonyl (C=O) groups excluding carboxylic acids is 1. The van der Waals surface area contributed by atoms with Crippen molar-refractivity contribution in [3.63, 3.8) is 0 Å². The number of urea groups is 1. The van der Waals surface area contributed by atoms with Gasteiger partial charge in [-0.15, -0.1) is 0 Å². The molecule has 152 valence electrons. The van der Waals surface area contributed by atoms with Crippen LogP contribution in [0.2, 0.25) is 0 Å². The minimum Gasteiger partial charge on any atom is -0.325 e. The first-order chi connectivity index (χ1) is 13.4. The van der Waals surface area contributed by atoms with Crippen LogP contribution in [0.4, 0.5) is 10.5 Å². The van der Waals surface area contributed by atoms with Crippen LogP contribution in [0.15, 0.2) is 59.5 Å². The molecule has 0 saturated heterocycles. The van der Waals surface area contributed by atoms with Gasteiger partial charge in [-0.25, -0.2) is 17.9 Å². The number of hydrogen-bond acceptors (Lipinski definition) is 3. The number of benzene rings is 2. The molecule has 0 bridgehead atoms. The first-order valence-corrected chi connectivity index (χ1v) is 11.1. The van der Waals surface area contributed by atoms with Crippen LogP contribution in [0.1, 0.15) is 32.8 Å². The van der Waals surface area contributed by atoms with Crippen molar-refractivity contribution in [2.45, 2.75) is 44.6 Å². The summed E-state index contributed by atoms with van der Waals surface area (Å²) in [6.45, 7) is 6.89. The Morgan fingerprint density at radius 2 is 1.61 bits per heavy atom. The van der Waals surface area contributed by atoms with Crippen molar-refractivity contribution in [2.24, 2.45) is 0 Å². The number of nitrogens with zero attached hydrogens (tertiary/aromatic N) is 1. The number of carbonyl (C=O) groups is 1. The molecule has 0 radical (unpaired) electrons. The first kappa shape index (κ1) is 21.9. The lowest BCUT2D eigenvalue weighted by Gasteiger charge is -2.19. The molecule has 2 N–H and O–H groups in total. The van der Waals surface area contributed by atoms with Crippen LogP contribution in [0.25, 0.3) is 0 Å². The third-order valence-corrected chi connectivity index (χ3v) is 6.14. The largest absolute Gasteiger partial charge is 0.325 e. The summed E-state index contributed by atoms with van der Waals surface area (Å²) in [7, 11) is -3.61. The molecule has 7 heteroatoms. The Balaban J connectivity index is 1.94. The zero-order valence-corrected chi connectivity index (χ0v) is 17.5. The highest BCUT2D eigenvalue weighted by atomic mass is 32.2. The zero-order chi connectivity index (χ0) is 20.6. The molecule has 6 nitrogen and oxygen atoms in total. The second kappa shape index (κ2) is 10.2. The molecule has 0 aliphatic carbocycles. The second-order valence-corrected chi connectivity index (χ2v) is 8.39. The van der Waals surface area contributed by atoms with E-state index in [1.165, 1.54) is 17.7 Å². The summed E-state index contributed by atoms with van der Waals surface area (Å²) < 4.78 is 27.9. The van der Waals surface area contributed by atoms with E-state index < -0.39 is 10.0 Å². The Kier molecular flexibility index (Phi) is 8.02. The first-order valence-electron chi connectivity index (χ1n) is 9.58. The van der Waals surface area contributed by atoms with E-state index in [1.54, 1.807) is 17.0 Å².